The molecule has 1 fully saturated rings. The Kier molecular flexibility index (Phi) is 2.26. The molecule has 0 unspecified atom stereocenters. The highest BCUT2D eigenvalue weighted by Crippen LogP contribution is 2.32. The lowest BCUT2D eigenvalue weighted by Gasteiger charge is -2.44. The summed E-state index contributed by atoms with van der Waals surface area (Å²) in [5.41, 5.74) is 0.920. The Hall–Kier alpha value is -0.970. The third kappa shape index (κ3) is 1.44. The van der Waals surface area contributed by atoms with E-state index in [1.54, 1.807) is 0 Å². The van der Waals surface area contributed by atoms with Gasteiger partial charge in [-0.3, -0.25) is 0 Å². The fraction of sp³-hybridized carbons (Fsp3) is 0.727. The van der Waals surface area contributed by atoms with E-state index >= 15 is 0 Å². The van der Waals surface area contributed by atoms with Crippen LogP contribution in [-0.4, -0.2) is 17.0 Å². The van der Waals surface area contributed by atoms with Gasteiger partial charge in [-0.05, 0) is 39.0 Å². The second-order valence-corrected chi connectivity index (χ2v) is 4.12. The van der Waals surface area contributed by atoms with E-state index in [0.717, 1.165) is 12.1 Å². The maximum Gasteiger partial charge on any atom is 0.117 e. The molecule has 0 radical (unpaired) electrons. The lowest BCUT2D eigenvalue weighted by Crippen LogP contribution is -2.45. The summed E-state index contributed by atoms with van der Waals surface area (Å²) in [7, 11) is 0. The van der Waals surface area contributed by atoms with Crippen LogP contribution in [0, 0.1) is 11.3 Å². The normalized spacial score (nSPS) is 33.2. The highest BCUT2D eigenvalue weighted by Gasteiger charge is 2.30. The van der Waals surface area contributed by atoms with Crippen LogP contribution in [-0.2, 0) is 0 Å². The van der Waals surface area contributed by atoms with Crippen molar-refractivity contribution in [3.8, 4) is 6.07 Å². The summed E-state index contributed by atoms with van der Waals surface area (Å²) in [4.78, 5) is 2.34. The first-order valence-electron chi connectivity index (χ1n) is 5.21. The van der Waals surface area contributed by atoms with Gasteiger partial charge >= 0.3 is 0 Å². The maximum atomic E-state index is 8.99. The first kappa shape index (κ1) is 8.62. The third-order valence-electron chi connectivity index (χ3n) is 3.26. The highest BCUT2D eigenvalue weighted by molar-refractivity contribution is 5.23. The van der Waals surface area contributed by atoms with Crippen LogP contribution in [0.4, 0.5) is 0 Å². The van der Waals surface area contributed by atoms with Gasteiger partial charge in [0, 0.05) is 12.1 Å². The molecule has 13 heavy (non-hydrogen) atoms. The summed E-state index contributed by atoms with van der Waals surface area (Å²) < 4.78 is 0. The molecule has 2 rings (SSSR count). The number of nitrogens with zero attached hydrogens (tertiary/aromatic N) is 2. The van der Waals surface area contributed by atoms with Gasteiger partial charge in [-0.15, -0.1) is 0 Å². The Labute approximate surface area is 79.8 Å². The Morgan fingerprint density at radius 1 is 1.46 bits per heavy atom. The van der Waals surface area contributed by atoms with Gasteiger partial charge in [-0.2, -0.15) is 5.26 Å². The van der Waals surface area contributed by atoms with Gasteiger partial charge in [0.05, 0.1) is 0 Å². The van der Waals surface area contributed by atoms with E-state index in [-0.39, 0.29) is 0 Å². The SMILES string of the molecule is C[C@@H]1CCC[C@@H]2CCC=C(C#N)N21. The fourth-order valence-corrected chi connectivity index (χ4v) is 2.63. The summed E-state index contributed by atoms with van der Waals surface area (Å²) in [5.74, 6) is 0. The first-order chi connectivity index (χ1) is 6.33. The Morgan fingerprint density at radius 2 is 2.31 bits per heavy atom. The molecular weight excluding hydrogens is 160 g/mol. The molecule has 0 aromatic rings. The summed E-state index contributed by atoms with van der Waals surface area (Å²) in [6.07, 6.45) is 8.30. The predicted molar refractivity (Wildman–Crippen MR) is 51.9 cm³/mol. The van der Waals surface area contributed by atoms with Crippen molar-refractivity contribution in [2.75, 3.05) is 0 Å². The van der Waals surface area contributed by atoms with Crippen molar-refractivity contribution in [3.63, 3.8) is 0 Å². The molecule has 0 bridgehead atoms. The quantitative estimate of drug-likeness (QED) is 0.566. The van der Waals surface area contributed by atoms with E-state index in [2.05, 4.69) is 24.0 Å². The number of hydrogen-bond donors (Lipinski definition) is 0. The molecule has 0 amide bonds. The van der Waals surface area contributed by atoms with Crippen molar-refractivity contribution in [2.45, 2.75) is 51.1 Å². The topological polar surface area (TPSA) is 27.0 Å². The van der Waals surface area contributed by atoms with Gasteiger partial charge in [0.2, 0.25) is 0 Å². The minimum absolute atomic E-state index is 0.574. The van der Waals surface area contributed by atoms with E-state index < -0.39 is 0 Å². The first-order valence-corrected chi connectivity index (χ1v) is 5.21. The molecule has 2 heterocycles. The molecule has 2 nitrogen and oxygen atoms in total. The fourth-order valence-electron chi connectivity index (χ4n) is 2.63. The highest BCUT2D eigenvalue weighted by atomic mass is 15.2. The van der Waals surface area contributed by atoms with Crippen LogP contribution in [0.5, 0.6) is 0 Å². The molecule has 0 saturated carbocycles. The van der Waals surface area contributed by atoms with Crippen LogP contribution in [0.3, 0.4) is 0 Å². The zero-order valence-corrected chi connectivity index (χ0v) is 8.16. The zero-order valence-electron chi connectivity index (χ0n) is 8.16. The summed E-state index contributed by atoms with van der Waals surface area (Å²) in [6.45, 7) is 2.24. The van der Waals surface area contributed by atoms with Gasteiger partial charge in [0.25, 0.3) is 0 Å². The van der Waals surface area contributed by atoms with Crippen LogP contribution in [0.25, 0.3) is 0 Å². The number of rotatable bonds is 0. The average Bonchev–Trinajstić information content (AvgIpc) is 2.17. The predicted octanol–water partition coefficient (Wildman–Crippen LogP) is 2.43. The van der Waals surface area contributed by atoms with Crippen molar-refractivity contribution in [1.82, 2.24) is 4.90 Å². The molecule has 2 heteroatoms. The van der Waals surface area contributed by atoms with Crippen LogP contribution in [0.1, 0.15) is 39.0 Å². The Bertz CT molecular complexity index is 262. The van der Waals surface area contributed by atoms with Crippen LogP contribution < -0.4 is 0 Å². The van der Waals surface area contributed by atoms with E-state index in [1.807, 2.05) is 0 Å². The molecule has 0 aliphatic carbocycles. The van der Waals surface area contributed by atoms with Gasteiger partial charge in [-0.1, -0.05) is 6.08 Å². The number of piperidine rings is 1. The molecule has 0 aromatic carbocycles. The summed E-state index contributed by atoms with van der Waals surface area (Å²) in [6, 6.07) is 3.55. The van der Waals surface area contributed by atoms with E-state index in [1.165, 1.54) is 25.7 Å². The second-order valence-electron chi connectivity index (χ2n) is 4.12. The molecule has 2 atom stereocenters. The zero-order chi connectivity index (χ0) is 9.26. The second kappa shape index (κ2) is 3.41. The van der Waals surface area contributed by atoms with E-state index in [9.17, 15) is 0 Å². The van der Waals surface area contributed by atoms with E-state index in [4.69, 9.17) is 5.26 Å². The minimum Gasteiger partial charge on any atom is -0.358 e. The van der Waals surface area contributed by atoms with Crippen molar-refractivity contribution in [3.05, 3.63) is 11.8 Å². The van der Waals surface area contributed by atoms with E-state index in [0.29, 0.717) is 12.1 Å². The van der Waals surface area contributed by atoms with Crippen molar-refractivity contribution in [1.29, 1.82) is 5.26 Å². The molecule has 0 spiro atoms. The van der Waals surface area contributed by atoms with Gasteiger partial charge in [0.1, 0.15) is 11.8 Å². The maximum absolute atomic E-state index is 8.99. The molecule has 1 saturated heterocycles. The molecule has 0 aromatic heterocycles. The number of hydrogen-bond acceptors (Lipinski definition) is 2. The summed E-state index contributed by atoms with van der Waals surface area (Å²) >= 11 is 0. The smallest absolute Gasteiger partial charge is 0.117 e. The van der Waals surface area contributed by atoms with Gasteiger partial charge < -0.3 is 4.90 Å². The van der Waals surface area contributed by atoms with Crippen LogP contribution in [0.15, 0.2) is 11.8 Å². The molecule has 2 aliphatic heterocycles. The van der Waals surface area contributed by atoms with Crippen molar-refractivity contribution < 1.29 is 0 Å². The lowest BCUT2D eigenvalue weighted by molar-refractivity contribution is 0.125. The van der Waals surface area contributed by atoms with Gasteiger partial charge in [0.15, 0.2) is 0 Å². The Balaban J connectivity index is 2.23. The third-order valence-corrected chi connectivity index (χ3v) is 3.26. The number of allylic oxidation sites excluding steroid dienone is 2. The standard InChI is InChI=1S/C11H16N2/c1-9-4-2-5-10-6-3-7-11(8-12)13(9)10/h7,9-10H,2-6H2,1H3/t9-,10-/m1/s1. The van der Waals surface area contributed by atoms with Crippen molar-refractivity contribution >= 4 is 0 Å². The molecule has 70 valence electrons. The Morgan fingerprint density at radius 3 is 3.08 bits per heavy atom. The van der Waals surface area contributed by atoms with Crippen LogP contribution >= 0.6 is 0 Å². The minimum atomic E-state index is 0.574. The average molecular weight is 176 g/mol. The number of fused-ring (bicyclic) bond motifs is 1. The monoisotopic (exact) mass is 176 g/mol. The van der Waals surface area contributed by atoms with Crippen LogP contribution in [0.2, 0.25) is 0 Å². The number of nitriles is 1. The molecule has 0 N–H and O–H groups in total. The summed E-state index contributed by atoms with van der Waals surface area (Å²) in [5, 5.41) is 8.99. The van der Waals surface area contributed by atoms with Gasteiger partial charge in [-0.25, -0.2) is 0 Å². The lowest BCUT2D eigenvalue weighted by atomic mass is 9.90. The molecular formula is C11H16N2. The van der Waals surface area contributed by atoms with Crippen molar-refractivity contribution in [2.24, 2.45) is 0 Å². The molecule has 2 aliphatic rings. The largest absolute Gasteiger partial charge is 0.358 e.